The summed E-state index contributed by atoms with van der Waals surface area (Å²) in [5.41, 5.74) is 0. The fraction of sp³-hybridized carbons (Fsp3) is 0.778. The minimum absolute atomic E-state index is 0.0850. The zero-order valence-electron chi connectivity index (χ0n) is 21.8. The largest absolute Gasteiger partial charge is 0.396 e. The number of nitrogens with zero attached hydrogens (tertiary/aromatic N) is 1. The first-order valence-electron chi connectivity index (χ1n) is 13.2. The minimum atomic E-state index is 0.0850. The molecule has 3 N–H and O–H groups in total. The van der Waals surface area contributed by atoms with Gasteiger partial charge in [0.1, 0.15) is 0 Å². The van der Waals surface area contributed by atoms with E-state index in [0.717, 1.165) is 57.9 Å². The lowest BCUT2D eigenvalue weighted by Crippen LogP contribution is -2.50. The van der Waals surface area contributed by atoms with Gasteiger partial charge in [-0.15, -0.1) is 0 Å². The van der Waals surface area contributed by atoms with E-state index >= 15 is 0 Å². The molecule has 0 heterocycles. The van der Waals surface area contributed by atoms with Crippen molar-refractivity contribution in [3.63, 3.8) is 0 Å². The summed E-state index contributed by atoms with van der Waals surface area (Å²) in [6, 6.07) is 0.251. The number of unbranched alkanes of at least 4 members (excludes halogenated alkanes) is 4. The average molecular weight is 466 g/mol. The molecule has 0 radical (unpaired) electrons. The summed E-state index contributed by atoms with van der Waals surface area (Å²) in [7, 11) is 0. The lowest BCUT2D eigenvalue weighted by Gasteiger charge is -2.34. The fourth-order valence-corrected chi connectivity index (χ4v) is 3.63. The summed E-state index contributed by atoms with van der Waals surface area (Å²) < 4.78 is 0. The van der Waals surface area contributed by atoms with Crippen molar-refractivity contribution in [3.8, 4) is 0 Å². The molecule has 0 saturated carbocycles. The first kappa shape index (κ1) is 31.3. The van der Waals surface area contributed by atoms with Gasteiger partial charge in [-0.2, -0.15) is 0 Å². The van der Waals surface area contributed by atoms with E-state index in [9.17, 15) is 14.7 Å². The highest BCUT2D eigenvalue weighted by atomic mass is 16.3. The van der Waals surface area contributed by atoms with Gasteiger partial charge in [0.05, 0.1) is 0 Å². The predicted molar refractivity (Wildman–Crippen MR) is 139 cm³/mol. The maximum absolute atomic E-state index is 12.2. The van der Waals surface area contributed by atoms with Crippen molar-refractivity contribution in [1.29, 1.82) is 0 Å². The third kappa shape index (κ3) is 18.5. The summed E-state index contributed by atoms with van der Waals surface area (Å²) in [5, 5.41) is 15.4. The van der Waals surface area contributed by atoms with Gasteiger partial charge in [0, 0.05) is 51.2 Å². The van der Waals surface area contributed by atoms with Crippen LogP contribution in [-0.2, 0) is 9.59 Å². The Bertz CT molecular complexity index is 505. The maximum Gasteiger partial charge on any atom is 0.220 e. The first-order valence-corrected chi connectivity index (χ1v) is 13.2. The second kappa shape index (κ2) is 22.1. The standard InChI is InChI=1S/C27H51N3O3/c1-5-7-9-11-13-15-18-26(32)28-22-24(3)30(20-17-21-31)25(4)23-29-27(33)19-16-14-12-10-8-6-2/h9-12,24-25,31H,5-8,13-23H2,1-4H3,(H,28,32)(H,29,33)/b11-9+,12-10+. The third-order valence-electron chi connectivity index (χ3n) is 5.69. The van der Waals surface area contributed by atoms with Crippen LogP contribution in [0.4, 0.5) is 0 Å². The van der Waals surface area contributed by atoms with Crippen LogP contribution in [0.25, 0.3) is 0 Å². The molecular formula is C27H51N3O3. The summed E-state index contributed by atoms with van der Waals surface area (Å²) in [4.78, 5) is 26.6. The highest BCUT2D eigenvalue weighted by Crippen LogP contribution is 2.07. The van der Waals surface area contributed by atoms with Crippen LogP contribution >= 0.6 is 0 Å². The molecule has 0 aromatic rings. The molecule has 192 valence electrons. The van der Waals surface area contributed by atoms with Crippen LogP contribution in [-0.4, -0.2) is 60.1 Å². The van der Waals surface area contributed by atoms with Crippen LogP contribution in [0.2, 0.25) is 0 Å². The van der Waals surface area contributed by atoms with Crippen LogP contribution in [0.3, 0.4) is 0 Å². The summed E-state index contributed by atoms with van der Waals surface area (Å²) >= 11 is 0. The number of allylic oxidation sites excluding steroid dienone is 4. The van der Waals surface area contributed by atoms with E-state index in [-0.39, 0.29) is 30.5 Å². The van der Waals surface area contributed by atoms with Crippen LogP contribution in [0.5, 0.6) is 0 Å². The monoisotopic (exact) mass is 465 g/mol. The zero-order valence-corrected chi connectivity index (χ0v) is 21.8. The molecule has 0 aliphatic heterocycles. The molecular weight excluding hydrogens is 414 g/mol. The van der Waals surface area contributed by atoms with Crippen molar-refractivity contribution >= 4 is 11.8 Å². The smallest absolute Gasteiger partial charge is 0.220 e. The Balaban J connectivity index is 4.34. The van der Waals surface area contributed by atoms with Gasteiger partial charge < -0.3 is 15.7 Å². The summed E-state index contributed by atoms with van der Waals surface area (Å²) in [5.74, 6) is 0.170. The van der Waals surface area contributed by atoms with Crippen molar-refractivity contribution in [2.45, 2.75) is 110 Å². The molecule has 2 atom stereocenters. The number of carbonyl (C=O) groups is 2. The molecule has 0 rings (SSSR count). The molecule has 6 heteroatoms. The van der Waals surface area contributed by atoms with E-state index in [1.54, 1.807) is 0 Å². The van der Waals surface area contributed by atoms with Crippen molar-refractivity contribution in [1.82, 2.24) is 15.5 Å². The fourth-order valence-electron chi connectivity index (χ4n) is 3.63. The van der Waals surface area contributed by atoms with Crippen LogP contribution in [0.15, 0.2) is 24.3 Å². The topological polar surface area (TPSA) is 81.7 Å². The molecule has 0 fully saturated rings. The molecule has 0 saturated heterocycles. The number of hydrogen-bond acceptors (Lipinski definition) is 4. The molecule has 2 unspecified atom stereocenters. The Morgan fingerprint density at radius 2 is 1.18 bits per heavy atom. The SMILES string of the molecule is CCC/C=C/CCCC(=O)NCC(C)N(CCCO)C(C)CNC(=O)CCC/C=C/CCC. The normalized spacial score (nSPS) is 13.6. The van der Waals surface area contributed by atoms with E-state index in [2.05, 4.69) is 67.5 Å². The molecule has 6 nitrogen and oxygen atoms in total. The number of rotatable bonds is 21. The lowest BCUT2D eigenvalue weighted by molar-refractivity contribution is -0.121. The summed E-state index contributed by atoms with van der Waals surface area (Å²) in [6.45, 7) is 10.5. The minimum Gasteiger partial charge on any atom is -0.396 e. The van der Waals surface area contributed by atoms with Gasteiger partial charge in [0.15, 0.2) is 0 Å². The Morgan fingerprint density at radius 3 is 1.58 bits per heavy atom. The van der Waals surface area contributed by atoms with Crippen molar-refractivity contribution < 1.29 is 14.7 Å². The van der Waals surface area contributed by atoms with E-state index in [0.29, 0.717) is 32.4 Å². The van der Waals surface area contributed by atoms with Crippen LogP contribution < -0.4 is 10.6 Å². The first-order chi connectivity index (χ1) is 16.0. The number of aliphatic hydroxyl groups is 1. The summed E-state index contributed by atoms with van der Waals surface area (Å²) in [6.07, 6.45) is 18.6. The van der Waals surface area contributed by atoms with Crippen molar-refractivity contribution in [2.24, 2.45) is 0 Å². The highest BCUT2D eigenvalue weighted by Gasteiger charge is 2.20. The van der Waals surface area contributed by atoms with Crippen molar-refractivity contribution in [3.05, 3.63) is 24.3 Å². The van der Waals surface area contributed by atoms with E-state index < -0.39 is 0 Å². The molecule has 0 aliphatic rings. The van der Waals surface area contributed by atoms with Gasteiger partial charge in [-0.1, -0.05) is 51.0 Å². The van der Waals surface area contributed by atoms with Gasteiger partial charge in [-0.3, -0.25) is 14.5 Å². The quantitative estimate of drug-likeness (QED) is 0.169. The van der Waals surface area contributed by atoms with Gasteiger partial charge in [0.25, 0.3) is 0 Å². The molecule has 33 heavy (non-hydrogen) atoms. The van der Waals surface area contributed by atoms with E-state index in [4.69, 9.17) is 0 Å². The van der Waals surface area contributed by atoms with Crippen molar-refractivity contribution in [2.75, 3.05) is 26.2 Å². The maximum atomic E-state index is 12.2. The number of hydrogen-bond donors (Lipinski definition) is 3. The number of amides is 2. The molecule has 0 bridgehead atoms. The number of nitrogens with one attached hydrogen (secondary N) is 2. The predicted octanol–water partition coefficient (Wildman–Crippen LogP) is 4.73. The Morgan fingerprint density at radius 1 is 0.758 bits per heavy atom. The molecule has 0 spiro atoms. The van der Waals surface area contributed by atoms with Gasteiger partial charge in [-0.05, 0) is 58.8 Å². The molecule has 2 amide bonds. The average Bonchev–Trinajstić information content (AvgIpc) is 2.81. The molecule has 0 aromatic carbocycles. The second-order valence-electron chi connectivity index (χ2n) is 8.93. The van der Waals surface area contributed by atoms with Crippen LogP contribution in [0, 0.1) is 0 Å². The lowest BCUT2D eigenvalue weighted by atomic mass is 10.1. The Hall–Kier alpha value is -1.66. The molecule has 0 aromatic heterocycles. The van der Waals surface area contributed by atoms with Gasteiger partial charge in [-0.25, -0.2) is 0 Å². The van der Waals surface area contributed by atoms with Gasteiger partial charge >= 0.3 is 0 Å². The Kier molecular flexibility index (Phi) is 21.0. The second-order valence-corrected chi connectivity index (χ2v) is 8.93. The van der Waals surface area contributed by atoms with E-state index in [1.807, 2.05) is 0 Å². The zero-order chi connectivity index (χ0) is 24.7. The third-order valence-corrected chi connectivity index (χ3v) is 5.69. The Labute approximate surface area is 203 Å². The van der Waals surface area contributed by atoms with Crippen LogP contribution in [0.1, 0.15) is 98.3 Å². The van der Waals surface area contributed by atoms with Gasteiger partial charge in [0.2, 0.25) is 11.8 Å². The molecule has 0 aliphatic carbocycles. The number of aliphatic hydroxyl groups excluding tert-OH is 1. The highest BCUT2D eigenvalue weighted by molar-refractivity contribution is 5.76. The number of carbonyl (C=O) groups excluding carboxylic acids is 2. The van der Waals surface area contributed by atoms with E-state index in [1.165, 1.54) is 0 Å².